The maximum Gasteiger partial charge on any atom is 0.240 e. The van der Waals surface area contributed by atoms with Crippen molar-refractivity contribution in [1.82, 2.24) is 10.6 Å². The Morgan fingerprint density at radius 2 is 1.83 bits per heavy atom. The summed E-state index contributed by atoms with van der Waals surface area (Å²) in [5.41, 5.74) is -0.964. The lowest BCUT2D eigenvalue weighted by Gasteiger charge is -2.22. The number of nitrogens with one attached hydrogen (secondary N) is 2. The summed E-state index contributed by atoms with van der Waals surface area (Å²) in [6.45, 7) is 7.66. The van der Waals surface area contributed by atoms with Gasteiger partial charge in [-0.1, -0.05) is 13.8 Å². The lowest BCUT2D eigenvalue weighted by molar-refractivity contribution is -0.128. The molecule has 0 atom stereocenters. The van der Waals surface area contributed by atoms with E-state index in [-0.39, 0.29) is 30.8 Å². The second kappa shape index (κ2) is 7.70. The molecule has 5 nitrogen and oxygen atoms in total. The third kappa shape index (κ3) is 4.74. The van der Waals surface area contributed by atoms with Crippen molar-refractivity contribution in [1.29, 1.82) is 5.26 Å². The van der Waals surface area contributed by atoms with Crippen LogP contribution in [0.15, 0.2) is 0 Å². The zero-order valence-corrected chi connectivity index (χ0v) is 11.7. The molecule has 0 aromatic carbocycles. The molecule has 0 aromatic heterocycles. The van der Waals surface area contributed by atoms with Gasteiger partial charge in [-0.05, 0) is 26.7 Å². The molecule has 0 saturated carbocycles. The summed E-state index contributed by atoms with van der Waals surface area (Å²) in [7, 11) is 0. The van der Waals surface area contributed by atoms with E-state index in [0.29, 0.717) is 12.8 Å². The molecule has 102 valence electrons. The fourth-order valence-electron chi connectivity index (χ4n) is 1.63. The second-order valence-corrected chi connectivity index (χ2v) is 4.63. The first-order chi connectivity index (χ1) is 8.41. The molecule has 0 fully saturated rings. The van der Waals surface area contributed by atoms with E-state index in [0.717, 1.165) is 0 Å². The Morgan fingerprint density at radius 3 is 2.22 bits per heavy atom. The van der Waals surface area contributed by atoms with Gasteiger partial charge in [-0.15, -0.1) is 0 Å². The van der Waals surface area contributed by atoms with Crippen molar-refractivity contribution in [2.24, 2.45) is 5.41 Å². The van der Waals surface area contributed by atoms with Crippen LogP contribution in [0.1, 0.15) is 47.0 Å². The SMILES string of the molecule is CCC(C#N)(CC)C(=O)NCCC(=O)NC(C)C. The third-order valence-electron chi connectivity index (χ3n) is 2.94. The summed E-state index contributed by atoms with van der Waals surface area (Å²) in [6.07, 6.45) is 1.19. The molecule has 0 spiro atoms. The number of amides is 2. The highest BCUT2D eigenvalue weighted by Gasteiger charge is 2.34. The van der Waals surface area contributed by atoms with Gasteiger partial charge in [0.05, 0.1) is 6.07 Å². The Bertz CT molecular complexity index is 328. The van der Waals surface area contributed by atoms with Crippen LogP contribution in [-0.4, -0.2) is 24.4 Å². The van der Waals surface area contributed by atoms with Crippen LogP contribution < -0.4 is 10.6 Å². The van der Waals surface area contributed by atoms with Gasteiger partial charge in [0.1, 0.15) is 5.41 Å². The molecule has 0 saturated heterocycles. The fraction of sp³-hybridized carbons (Fsp3) is 0.769. The summed E-state index contributed by atoms with van der Waals surface area (Å²) in [5.74, 6) is -0.381. The topological polar surface area (TPSA) is 82.0 Å². The van der Waals surface area contributed by atoms with E-state index in [1.807, 2.05) is 27.7 Å². The van der Waals surface area contributed by atoms with Crippen LogP contribution in [-0.2, 0) is 9.59 Å². The van der Waals surface area contributed by atoms with Gasteiger partial charge in [-0.3, -0.25) is 9.59 Å². The fourth-order valence-corrected chi connectivity index (χ4v) is 1.63. The summed E-state index contributed by atoms with van der Waals surface area (Å²) in [5, 5.41) is 14.5. The molecule has 0 rings (SSSR count). The average Bonchev–Trinajstić information content (AvgIpc) is 2.31. The van der Waals surface area contributed by atoms with E-state index in [1.54, 1.807) is 0 Å². The van der Waals surface area contributed by atoms with Crippen molar-refractivity contribution in [2.45, 2.75) is 53.0 Å². The van der Waals surface area contributed by atoms with Gasteiger partial charge in [0, 0.05) is 19.0 Å². The van der Waals surface area contributed by atoms with Crippen LogP contribution in [0.2, 0.25) is 0 Å². The average molecular weight is 253 g/mol. The number of hydrogen-bond donors (Lipinski definition) is 2. The molecular weight excluding hydrogens is 230 g/mol. The van der Waals surface area contributed by atoms with Crippen LogP contribution in [0, 0.1) is 16.7 Å². The van der Waals surface area contributed by atoms with Crippen LogP contribution >= 0.6 is 0 Å². The molecule has 18 heavy (non-hydrogen) atoms. The largest absolute Gasteiger partial charge is 0.354 e. The lowest BCUT2D eigenvalue weighted by atomic mass is 9.83. The third-order valence-corrected chi connectivity index (χ3v) is 2.94. The highest BCUT2D eigenvalue weighted by molar-refractivity contribution is 5.85. The number of carbonyl (C=O) groups excluding carboxylic acids is 2. The molecule has 2 amide bonds. The molecule has 0 aliphatic rings. The van der Waals surface area contributed by atoms with Gasteiger partial charge < -0.3 is 10.6 Å². The van der Waals surface area contributed by atoms with E-state index >= 15 is 0 Å². The lowest BCUT2D eigenvalue weighted by Crippen LogP contribution is -2.41. The minimum Gasteiger partial charge on any atom is -0.354 e. The molecule has 0 radical (unpaired) electrons. The van der Waals surface area contributed by atoms with Crippen molar-refractivity contribution >= 4 is 11.8 Å². The smallest absolute Gasteiger partial charge is 0.240 e. The Morgan fingerprint density at radius 1 is 1.28 bits per heavy atom. The zero-order chi connectivity index (χ0) is 14.2. The first-order valence-corrected chi connectivity index (χ1v) is 6.40. The second-order valence-electron chi connectivity index (χ2n) is 4.63. The van der Waals surface area contributed by atoms with E-state index in [4.69, 9.17) is 5.26 Å². The minimum absolute atomic E-state index is 0.0951. The number of nitrogens with zero attached hydrogens (tertiary/aromatic N) is 1. The molecule has 0 unspecified atom stereocenters. The van der Waals surface area contributed by atoms with E-state index < -0.39 is 5.41 Å². The Balaban J connectivity index is 4.19. The predicted octanol–water partition coefficient (Wildman–Crippen LogP) is 1.35. The van der Waals surface area contributed by atoms with Crippen LogP contribution in [0.5, 0.6) is 0 Å². The predicted molar refractivity (Wildman–Crippen MR) is 69.5 cm³/mol. The normalized spacial score (nSPS) is 10.9. The first kappa shape index (κ1) is 16.4. The Hall–Kier alpha value is -1.57. The molecule has 0 heterocycles. The molecule has 0 aromatic rings. The van der Waals surface area contributed by atoms with Crippen molar-refractivity contribution < 1.29 is 9.59 Å². The van der Waals surface area contributed by atoms with Gasteiger partial charge in [0.2, 0.25) is 11.8 Å². The number of hydrogen-bond acceptors (Lipinski definition) is 3. The summed E-state index contributed by atoms with van der Waals surface area (Å²) >= 11 is 0. The monoisotopic (exact) mass is 253 g/mol. The van der Waals surface area contributed by atoms with Gasteiger partial charge in [-0.25, -0.2) is 0 Å². The first-order valence-electron chi connectivity index (χ1n) is 6.40. The van der Waals surface area contributed by atoms with Crippen molar-refractivity contribution in [3.05, 3.63) is 0 Å². The summed E-state index contributed by atoms with van der Waals surface area (Å²) < 4.78 is 0. The summed E-state index contributed by atoms with van der Waals surface area (Å²) in [6, 6.07) is 2.17. The maximum atomic E-state index is 11.9. The molecular formula is C13H23N3O2. The van der Waals surface area contributed by atoms with E-state index in [9.17, 15) is 9.59 Å². The van der Waals surface area contributed by atoms with Crippen LogP contribution in [0.25, 0.3) is 0 Å². The maximum absolute atomic E-state index is 11.9. The summed E-state index contributed by atoms with van der Waals surface area (Å²) in [4.78, 5) is 23.3. The zero-order valence-electron chi connectivity index (χ0n) is 11.7. The van der Waals surface area contributed by atoms with E-state index in [2.05, 4.69) is 16.7 Å². The van der Waals surface area contributed by atoms with Gasteiger partial charge in [0.25, 0.3) is 0 Å². The van der Waals surface area contributed by atoms with Crippen molar-refractivity contribution in [3.8, 4) is 6.07 Å². The Labute approximate surface area is 109 Å². The highest BCUT2D eigenvalue weighted by Crippen LogP contribution is 2.25. The van der Waals surface area contributed by atoms with Crippen LogP contribution in [0.4, 0.5) is 0 Å². The van der Waals surface area contributed by atoms with Gasteiger partial charge in [-0.2, -0.15) is 5.26 Å². The number of rotatable bonds is 7. The van der Waals surface area contributed by atoms with E-state index in [1.165, 1.54) is 0 Å². The quantitative estimate of drug-likeness (QED) is 0.718. The minimum atomic E-state index is -0.964. The van der Waals surface area contributed by atoms with Crippen molar-refractivity contribution in [3.63, 3.8) is 0 Å². The highest BCUT2D eigenvalue weighted by atomic mass is 16.2. The molecule has 5 heteroatoms. The Kier molecular flexibility index (Phi) is 7.03. The molecule has 0 aliphatic carbocycles. The standard InChI is InChI=1S/C13H23N3O2/c1-5-13(6-2,9-14)12(18)15-8-7-11(17)16-10(3)4/h10H,5-8H2,1-4H3,(H,15,18)(H,16,17). The molecule has 2 N–H and O–H groups in total. The number of carbonyl (C=O) groups is 2. The van der Waals surface area contributed by atoms with Crippen molar-refractivity contribution in [2.75, 3.05) is 6.54 Å². The van der Waals surface area contributed by atoms with Gasteiger partial charge in [0.15, 0.2) is 0 Å². The molecule has 0 bridgehead atoms. The molecule has 0 aliphatic heterocycles. The van der Waals surface area contributed by atoms with Crippen LogP contribution in [0.3, 0.4) is 0 Å². The van der Waals surface area contributed by atoms with Gasteiger partial charge >= 0.3 is 0 Å². The number of nitriles is 1.